The molecule has 3 atom stereocenters. The summed E-state index contributed by atoms with van der Waals surface area (Å²) in [5.74, 6) is -1.60. The number of rotatable bonds is 4. The summed E-state index contributed by atoms with van der Waals surface area (Å²) in [6, 6.07) is 4.67. The highest BCUT2D eigenvalue weighted by atomic mass is 19.2. The number of nitrogens with one attached hydrogen (secondary N) is 1. The van der Waals surface area contributed by atoms with Crippen molar-refractivity contribution >= 4 is 5.91 Å². The minimum Gasteiger partial charge on any atom is -0.363 e. The fourth-order valence-electron chi connectivity index (χ4n) is 3.80. The van der Waals surface area contributed by atoms with E-state index in [0.29, 0.717) is 19.0 Å². The van der Waals surface area contributed by atoms with Gasteiger partial charge in [0.05, 0.1) is 6.10 Å². The van der Waals surface area contributed by atoms with Crippen molar-refractivity contribution in [3.63, 3.8) is 0 Å². The van der Waals surface area contributed by atoms with E-state index < -0.39 is 11.6 Å². The second kappa shape index (κ2) is 6.41. The number of fused-ring (bicyclic) bond motifs is 1. The van der Waals surface area contributed by atoms with E-state index in [0.717, 1.165) is 37.8 Å². The van der Waals surface area contributed by atoms with Crippen LogP contribution in [0.25, 0.3) is 0 Å². The topological polar surface area (TPSA) is 41.6 Å². The fraction of sp³-hybridized carbons (Fsp3) is 0.611. The average molecular weight is 336 g/mol. The van der Waals surface area contributed by atoms with E-state index in [1.54, 1.807) is 6.07 Å². The number of likely N-dealkylation sites (tertiary alicyclic amines) is 1. The molecule has 4 nitrogen and oxygen atoms in total. The Kier molecular flexibility index (Phi) is 4.26. The van der Waals surface area contributed by atoms with Gasteiger partial charge in [-0.3, -0.25) is 9.69 Å². The predicted molar refractivity (Wildman–Crippen MR) is 84.2 cm³/mol. The van der Waals surface area contributed by atoms with Crippen molar-refractivity contribution in [2.45, 2.75) is 62.9 Å². The number of benzene rings is 1. The molecule has 1 aromatic rings. The van der Waals surface area contributed by atoms with E-state index in [-0.39, 0.29) is 24.2 Å². The molecular weight excluding hydrogens is 314 g/mol. The Balaban J connectivity index is 1.35. The van der Waals surface area contributed by atoms with Gasteiger partial charge in [0.15, 0.2) is 11.6 Å². The van der Waals surface area contributed by atoms with Gasteiger partial charge in [0, 0.05) is 25.2 Å². The van der Waals surface area contributed by atoms with Gasteiger partial charge >= 0.3 is 0 Å². The second-order valence-corrected chi connectivity index (χ2v) is 7.10. The molecule has 1 aromatic carbocycles. The number of ether oxygens (including phenoxy) is 1. The highest BCUT2D eigenvalue weighted by Crippen LogP contribution is 2.33. The highest BCUT2D eigenvalue weighted by molar-refractivity contribution is 5.81. The van der Waals surface area contributed by atoms with Gasteiger partial charge in [0.25, 0.3) is 0 Å². The molecule has 130 valence electrons. The lowest BCUT2D eigenvalue weighted by Gasteiger charge is -2.35. The number of hydrogen-bond acceptors (Lipinski definition) is 3. The van der Waals surface area contributed by atoms with Gasteiger partial charge in [-0.2, -0.15) is 0 Å². The monoisotopic (exact) mass is 336 g/mol. The molecular formula is C18H22F2N2O2. The van der Waals surface area contributed by atoms with Crippen LogP contribution in [0.5, 0.6) is 0 Å². The maximum atomic E-state index is 13.4. The largest absolute Gasteiger partial charge is 0.363 e. The Morgan fingerprint density at radius 2 is 2.00 bits per heavy atom. The van der Waals surface area contributed by atoms with Gasteiger partial charge in [0.1, 0.15) is 6.10 Å². The molecule has 3 fully saturated rings. The predicted octanol–water partition coefficient (Wildman–Crippen LogP) is 2.37. The summed E-state index contributed by atoms with van der Waals surface area (Å²) < 4.78 is 32.4. The Morgan fingerprint density at radius 1 is 1.17 bits per heavy atom. The van der Waals surface area contributed by atoms with Gasteiger partial charge in [-0.15, -0.1) is 0 Å². The molecule has 2 saturated heterocycles. The van der Waals surface area contributed by atoms with Crippen LogP contribution in [-0.4, -0.2) is 41.6 Å². The Morgan fingerprint density at radius 3 is 2.75 bits per heavy atom. The quantitative estimate of drug-likeness (QED) is 0.918. The first-order valence-electron chi connectivity index (χ1n) is 8.74. The van der Waals surface area contributed by atoms with Crippen LogP contribution in [0, 0.1) is 11.6 Å². The van der Waals surface area contributed by atoms with Crippen LogP contribution < -0.4 is 5.32 Å². The van der Waals surface area contributed by atoms with Crippen molar-refractivity contribution in [2.75, 3.05) is 6.54 Å². The molecule has 2 heterocycles. The standard InChI is InChI=1S/C18H22F2N2O2/c19-13-4-1-11(9-14(13)20)10-22-8-7-16-15(22)5-6-17(24-16)18(23)21-12-2-3-12/h1,4,9,12,15-17H,2-3,5-8,10H2,(H,21,23)/t15-,16-,17+/m1/s1. The van der Waals surface area contributed by atoms with Crippen molar-refractivity contribution in [3.8, 4) is 0 Å². The van der Waals surface area contributed by atoms with Crippen molar-refractivity contribution in [1.29, 1.82) is 0 Å². The molecule has 1 N–H and O–H groups in total. The normalized spacial score (nSPS) is 30.2. The molecule has 3 aliphatic rings. The van der Waals surface area contributed by atoms with E-state index in [1.807, 2.05) is 0 Å². The van der Waals surface area contributed by atoms with E-state index in [4.69, 9.17) is 4.74 Å². The number of carbonyl (C=O) groups excluding carboxylic acids is 1. The van der Waals surface area contributed by atoms with Gasteiger partial charge in [0.2, 0.25) is 5.91 Å². The van der Waals surface area contributed by atoms with Crippen LogP contribution in [-0.2, 0) is 16.1 Å². The summed E-state index contributed by atoms with van der Waals surface area (Å²) >= 11 is 0. The third-order valence-electron chi connectivity index (χ3n) is 5.25. The highest BCUT2D eigenvalue weighted by Gasteiger charge is 2.42. The first kappa shape index (κ1) is 16.0. The minimum absolute atomic E-state index is 0.0232. The SMILES string of the molecule is O=C(NC1CC1)[C@@H]1CC[C@@H]2[C@@H](CCN2Cc2ccc(F)c(F)c2)O1. The maximum absolute atomic E-state index is 13.4. The zero-order valence-electron chi connectivity index (χ0n) is 13.5. The summed E-state index contributed by atoms with van der Waals surface area (Å²) in [5.41, 5.74) is 0.767. The van der Waals surface area contributed by atoms with Crippen LogP contribution in [0.15, 0.2) is 18.2 Å². The van der Waals surface area contributed by atoms with E-state index in [9.17, 15) is 13.6 Å². The van der Waals surface area contributed by atoms with Gasteiger partial charge < -0.3 is 10.1 Å². The lowest BCUT2D eigenvalue weighted by molar-refractivity contribution is -0.144. The lowest BCUT2D eigenvalue weighted by Crippen LogP contribution is -2.48. The van der Waals surface area contributed by atoms with Crippen molar-refractivity contribution in [1.82, 2.24) is 10.2 Å². The molecule has 6 heteroatoms. The van der Waals surface area contributed by atoms with Crippen LogP contribution in [0.3, 0.4) is 0 Å². The first-order chi connectivity index (χ1) is 11.6. The minimum atomic E-state index is -0.816. The Bertz CT molecular complexity index is 635. The second-order valence-electron chi connectivity index (χ2n) is 7.10. The number of amides is 1. The molecule has 0 spiro atoms. The molecule has 24 heavy (non-hydrogen) atoms. The molecule has 2 aliphatic heterocycles. The Hall–Kier alpha value is -1.53. The number of hydrogen-bond donors (Lipinski definition) is 1. The third-order valence-corrected chi connectivity index (χ3v) is 5.25. The maximum Gasteiger partial charge on any atom is 0.249 e. The molecule has 0 aromatic heterocycles. The first-order valence-corrected chi connectivity index (χ1v) is 8.74. The molecule has 0 unspecified atom stereocenters. The molecule has 1 amide bonds. The molecule has 0 bridgehead atoms. The molecule has 4 rings (SSSR count). The van der Waals surface area contributed by atoms with Gasteiger partial charge in [-0.25, -0.2) is 8.78 Å². The lowest BCUT2D eigenvalue weighted by atomic mass is 9.98. The van der Waals surface area contributed by atoms with Crippen molar-refractivity contribution < 1.29 is 18.3 Å². The van der Waals surface area contributed by atoms with Crippen LogP contribution >= 0.6 is 0 Å². The summed E-state index contributed by atoms with van der Waals surface area (Å²) in [6.45, 7) is 1.44. The van der Waals surface area contributed by atoms with Crippen molar-refractivity contribution in [3.05, 3.63) is 35.4 Å². The van der Waals surface area contributed by atoms with E-state index in [1.165, 1.54) is 12.1 Å². The smallest absolute Gasteiger partial charge is 0.249 e. The van der Waals surface area contributed by atoms with Crippen LogP contribution in [0.4, 0.5) is 8.78 Å². The fourth-order valence-corrected chi connectivity index (χ4v) is 3.80. The molecule has 1 aliphatic carbocycles. The summed E-state index contributed by atoms with van der Waals surface area (Å²) in [7, 11) is 0. The third kappa shape index (κ3) is 3.30. The Labute approximate surface area is 140 Å². The van der Waals surface area contributed by atoms with Gasteiger partial charge in [-0.1, -0.05) is 6.07 Å². The number of carbonyl (C=O) groups is 1. The van der Waals surface area contributed by atoms with E-state index in [2.05, 4.69) is 10.2 Å². The van der Waals surface area contributed by atoms with Crippen molar-refractivity contribution in [2.24, 2.45) is 0 Å². The summed E-state index contributed by atoms with van der Waals surface area (Å²) in [4.78, 5) is 14.4. The zero-order valence-corrected chi connectivity index (χ0v) is 13.5. The molecule has 0 radical (unpaired) electrons. The zero-order chi connectivity index (χ0) is 16.7. The van der Waals surface area contributed by atoms with Crippen LogP contribution in [0.1, 0.15) is 37.7 Å². The number of halogens is 2. The summed E-state index contributed by atoms with van der Waals surface area (Å²) in [6.07, 6.45) is 4.36. The number of nitrogens with zero attached hydrogens (tertiary/aromatic N) is 1. The van der Waals surface area contributed by atoms with Crippen LogP contribution in [0.2, 0.25) is 0 Å². The molecule has 1 saturated carbocycles. The van der Waals surface area contributed by atoms with Gasteiger partial charge in [-0.05, 0) is 49.8 Å². The average Bonchev–Trinajstić information content (AvgIpc) is 3.30. The van der Waals surface area contributed by atoms with E-state index >= 15 is 0 Å². The summed E-state index contributed by atoms with van der Waals surface area (Å²) in [5, 5.41) is 3.01.